The molecule has 4 rings (SSSR count). The van der Waals surface area contributed by atoms with Gasteiger partial charge in [0.2, 0.25) is 0 Å². The maximum absolute atomic E-state index is 13.1. The van der Waals surface area contributed by atoms with Crippen LogP contribution in [0.4, 0.5) is 5.69 Å². The van der Waals surface area contributed by atoms with Crippen LogP contribution in [0.15, 0.2) is 78.4 Å². The molecule has 1 atom stereocenters. The van der Waals surface area contributed by atoms with Gasteiger partial charge in [0.15, 0.2) is 0 Å². The van der Waals surface area contributed by atoms with Gasteiger partial charge in [-0.2, -0.15) is 0 Å². The molecule has 0 radical (unpaired) electrons. The van der Waals surface area contributed by atoms with Gasteiger partial charge in [-0.1, -0.05) is 60.2 Å². The topological polar surface area (TPSA) is 57.6 Å². The predicted octanol–water partition coefficient (Wildman–Crippen LogP) is 5.24. The fourth-order valence-corrected chi connectivity index (χ4v) is 3.80. The number of carbonyl (C=O) groups excluding carboxylic acids is 2. The summed E-state index contributed by atoms with van der Waals surface area (Å²) in [6.45, 7) is 5.90. The van der Waals surface area contributed by atoms with Gasteiger partial charge in [0.1, 0.15) is 5.76 Å². The molecule has 3 aromatic carbocycles. The standard InChI is InChI=1S/C26H23NO3/c1-16-9-13-21(14-10-16)27-23(19-7-5-4-6-8-19)22(25(29)26(27)30)24(28)20-12-11-17(2)18(3)15-20/h4-15,23,28H,1-3H3/b24-22-. The highest BCUT2D eigenvalue weighted by molar-refractivity contribution is 6.51. The minimum absolute atomic E-state index is 0.107. The number of amides is 1. The van der Waals surface area contributed by atoms with Crippen LogP contribution >= 0.6 is 0 Å². The summed E-state index contributed by atoms with van der Waals surface area (Å²) in [4.78, 5) is 27.6. The van der Waals surface area contributed by atoms with Crippen molar-refractivity contribution in [2.24, 2.45) is 0 Å². The molecule has 30 heavy (non-hydrogen) atoms. The van der Waals surface area contributed by atoms with Gasteiger partial charge in [0.25, 0.3) is 11.7 Å². The van der Waals surface area contributed by atoms with Gasteiger partial charge < -0.3 is 5.11 Å². The molecule has 4 nitrogen and oxygen atoms in total. The van der Waals surface area contributed by atoms with Crippen molar-refractivity contribution in [2.45, 2.75) is 26.8 Å². The van der Waals surface area contributed by atoms with Crippen LogP contribution in [-0.4, -0.2) is 16.8 Å². The molecule has 0 saturated carbocycles. The summed E-state index contributed by atoms with van der Waals surface area (Å²) in [5, 5.41) is 11.1. The predicted molar refractivity (Wildman–Crippen MR) is 118 cm³/mol. The molecular weight excluding hydrogens is 374 g/mol. The van der Waals surface area contributed by atoms with Gasteiger partial charge in [0.05, 0.1) is 11.6 Å². The lowest BCUT2D eigenvalue weighted by Crippen LogP contribution is -2.29. The third-order valence-electron chi connectivity index (χ3n) is 5.65. The Bertz CT molecular complexity index is 1160. The quantitative estimate of drug-likeness (QED) is 0.374. The average molecular weight is 397 g/mol. The Morgan fingerprint density at radius 1 is 0.833 bits per heavy atom. The number of hydrogen-bond donors (Lipinski definition) is 1. The van der Waals surface area contributed by atoms with E-state index in [9.17, 15) is 14.7 Å². The van der Waals surface area contributed by atoms with Crippen molar-refractivity contribution in [2.75, 3.05) is 4.90 Å². The van der Waals surface area contributed by atoms with Gasteiger partial charge in [0, 0.05) is 11.3 Å². The molecule has 0 bridgehead atoms. The molecule has 1 fully saturated rings. The molecular formula is C26H23NO3. The lowest BCUT2D eigenvalue weighted by molar-refractivity contribution is -0.132. The second kappa shape index (κ2) is 7.64. The van der Waals surface area contributed by atoms with Crippen LogP contribution in [0.25, 0.3) is 5.76 Å². The van der Waals surface area contributed by atoms with Crippen molar-refractivity contribution in [3.63, 3.8) is 0 Å². The average Bonchev–Trinajstić information content (AvgIpc) is 3.02. The molecule has 4 heteroatoms. The monoisotopic (exact) mass is 397 g/mol. The largest absolute Gasteiger partial charge is 0.507 e. The maximum atomic E-state index is 13.1. The molecule has 0 spiro atoms. The molecule has 1 aliphatic rings. The van der Waals surface area contributed by atoms with Crippen LogP contribution < -0.4 is 4.90 Å². The Balaban J connectivity index is 1.94. The molecule has 1 amide bonds. The number of anilines is 1. The van der Waals surface area contributed by atoms with Crippen molar-refractivity contribution >= 4 is 23.1 Å². The fourth-order valence-electron chi connectivity index (χ4n) is 3.80. The number of hydrogen-bond acceptors (Lipinski definition) is 3. The zero-order valence-corrected chi connectivity index (χ0v) is 17.2. The molecule has 1 saturated heterocycles. The van der Waals surface area contributed by atoms with E-state index in [1.54, 1.807) is 6.07 Å². The van der Waals surface area contributed by atoms with Crippen LogP contribution in [0.5, 0.6) is 0 Å². The highest BCUT2D eigenvalue weighted by Gasteiger charge is 2.46. The first-order chi connectivity index (χ1) is 14.4. The number of nitrogens with zero attached hydrogens (tertiary/aromatic N) is 1. The lowest BCUT2D eigenvalue weighted by Gasteiger charge is -2.25. The van der Waals surface area contributed by atoms with E-state index in [1.165, 1.54) is 4.90 Å². The zero-order valence-electron chi connectivity index (χ0n) is 17.2. The first kappa shape index (κ1) is 19.6. The maximum Gasteiger partial charge on any atom is 0.300 e. The van der Waals surface area contributed by atoms with E-state index in [2.05, 4.69) is 0 Å². The molecule has 0 aliphatic carbocycles. The summed E-state index contributed by atoms with van der Waals surface area (Å²) in [5.41, 5.74) is 5.17. The number of aryl methyl sites for hydroxylation is 3. The second-order valence-electron chi connectivity index (χ2n) is 7.71. The highest BCUT2D eigenvalue weighted by atomic mass is 16.3. The van der Waals surface area contributed by atoms with Crippen molar-refractivity contribution in [1.82, 2.24) is 0 Å². The van der Waals surface area contributed by atoms with E-state index in [1.807, 2.05) is 87.5 Å². The first-order valence-corrected chi connectivity index (χ1v) is 9.88. The second-order valence-corrected chi connectivity index (χ2v) is 7.71. The van der Waals surface area contributed by atoms with E-state index in [0.29, 0.717) is 11.3 Å². The van der Waals surface area contributed by atoms with Gasteiger partial charge in [-0.3, -0.25) is 14.5 Å². The van der Waals surface area contributed by atoms with E-state index < -0.39 is 17.7 Å². The van der Waals surface area contributed by atoms with E-state index in [0.717, 1.165) is 22.3 Å². The smallest absolute Gasteiger partial charge is 0.300 e. The Kier molecular flexibility index (Phi) is 5.00. The number of aliphatic hydroxyl groups is 1. The van der Waals surface area contributed by atoms with Crippen LogP contribution in [-0.2, 0) is 9.59 Å². The number of Topliss-reactive ketones (excluding diaryl/α,β-unsaturated/α-hetero) is 1. The lowest BCUT2D eigenvalue weighted by atomic mass is 9.94. The normalized spacial score (nSPS) is 18.1. The number of benzene rings is 3. The summed E-state index contributed by atoms with van der Waals surface area (Å²) < 4.78 is 0. The molecule has 150 valence electrons. The van der Waals surface area contributed by atoms with Crippen LogP contribution in [0.3, 0.4) is 0 Å². The highest BCUT2D eigenvalue weighted by Crippen LogP contribution is 2.42. The van der Waals surface area contributed by atoms with E-state index >= 15 is 0 Å². The molecule has 0 aromatic heterocycles. The number of ketones is 1. The minimum Gasteiger partial charge on any atom is -0.507 e. The van der Waals surface area contributed by atoms with Crippen molar-refractivity contribution in [3.8, 4) is 0 Å². The third kappa shape index (κ3) is 3.30. The Morgan fingerprint density at radius 2 is 1.50 bits per heavy atom. The molecule has 1 unspecified atom stereocenters. The van der Waals surface area contributed by atoms with E-state index in [-0.39, 0.29) is 11.3 Å². The molecule has 3 aromatic rings. The Labute approximate surface area is 176 Å². The summed E-state index contributed by atoms with van der Waals surface area (Å²) in [7, 11) is 0. The number of carbonyl (C=O) groups is 2. The van der Waals surface area contributed by atoms with Crippen molar-refractivity contribution in [1.29, 1.82) is 0 Å². The van der Waals surface area contributed by atoms with Gasteiger partial charge in [-0.25, -0.2) is 0 Å². The fraction of sp³-hybridized carbons (Fsp3) is 0.154. The molecule has 1 heterocycles. The number of aliphatic hydroxyl groups excluding tert-OH is 1. The SMILES string of the molecule is Cc1ccc(N2C(=O)C(=O)/C(=C(\O)c3ccc(C)c(C)c3)C2c2ccccc2)cc1. The minimum atomic E-state index is -0.699. The first-order valence-electron chi connectivity index (χ1n) is 9.88. The summed E-state index contributed by atoms with van der Waals surface area (Å²) in [6.07, 6.45) is 0. The van der Waals surface area contributed by atoms with Gasteiger partial charge in [-0.05, 0) is 55.7 Å². The van der Waals surface area contributed by atoms with Crippen LogP contribution in [0.1, 0.15) is 33.9 Å². The Morgan fingerprint density at radius 3 is 2.13 bits per heavy atom. The third-order valence-corrected chi connectivity index (χ3v) is 5.65. The van der Waals surface area contributed by atoms with Gasteiger partial charge >= 0.3 is 0 Å². The molecule has 1 N–H and O–H groups in total. The zero-order chi connectivity index (χ0) is 21.4. The van der Waals surface area contributed by atoms with E-state index in [4.69, 9.17) is 0 Å². The van der Waals surface area contributed by atoms with Crippen LogP contribution in [0.2, 0.25) is 0 Å². The van der Waals surface area contributed by atoms with Crippen molar-refractivity contribution < 1.29 is 14.7 Å². The molecule has 1 aliphatic heterocycles. The summed E-state index contributed by atoms with van der Waals surface area (Å²) >= 11 is 0. The number of rotatable bonds is 3. The summed E-state index contributed by atoms with van der Waals surface area (Å²) in [6, 6.07) is 21.6. The van der Waals surface area contributed by atoms with Crippen LogP contribution in [0, 0.1) is 20.8 Å². The van der Waals surface area contributed by atoms with Crippen molar-refractivity contribution in [3.05, 3.63) is 106 Å². The Hall–Kier alpha value is -3.66. The van der Waals surface area contributed by atoms with Gasteiger partial charge in [-0.15, -0.1) is 0 Å². The summed E-state index contributed by atoms with van der Waals surface area (Å²) in [5.74, 6) is -1.47.